The topological polar surface area (TPSA) is 66.6 Å². The van der Waals surface area contributed by atoms with Crippen molar-refractivity contribution in [2.75, 3.05) is 17.2 Å². The zero-order valence-corrected chi connectivity index (χ0v) is 10.5. The Balaban J connectivity index is 2.51. The van der Waals surface area contributed by atoms with Crippen molar-refractivity contribution in [2.45, 2.75) is 26.3 Å². The van der Waals surface area contributed by atoms with Gasteiger partial charge in [-0.2, -0.15) is 0 Å². The molecule has 1 aliphatic rings. The molecule has 1 fully saturated rings. The molecule has 2 unspecified atom stereocenters. The van der Waals surface area contributed by atoms with Crippen LogP contribution in [0.15, 0.2) is 12.1 Å². The van der Waals surface area contributed by atoms with Gasteiger partial charge in [-0.25, -0.2) is 9.18 Å². The molecule has 2 rings (SSSR count). The molecule has 18 heavy (non-hydrogen) atoms. The number of rotatable bonds is 2. The van der Waals surface area contributed by atoms with Crippen LogP contribution in [0.25, 0.3) is 0 Å². The van der Waals surface area contributed by atoms with Gasteiger partial charge >= 0.3 is 5.97 Å². The molecule has 3 N–H and O–H groups in total. The molecule has 0 radical (unpaired) electrons. The lowest BCUT2D eigenvalue weighted by atomic mass is 10.1. The molecule has 4 nitrogen and oxygen atoms in total. The summed E-state index contributed by atoms with van der Waals surface area (Å²) in [5.74, 6) is -1.38. The lowest BCUT2D eigenvalue weighted by Crippen LogP contribution is -2.29. The van der Waals surface area contributed by atoms with Gasteiger partial charge in [0.25, 0.3) is 0 Å². The normalized spacial score (nSPS) is 23.4. The van der Waals surface area contributed by atoms with Gasteiger partial charge in [0, 0.05) is 12.6 Å². The number of nitrogens with two attached hydrogens (primary N) is 1. The SMILES string of the molecule is CC1CC(C)N(c2ccc(F)c(N)c2C(=O)O)C1. The van der Waals surface area contributed by atoms with Gasteiger partial charge in [0.15, 0.2) is 0 Å². The van der Waals surface area contributed by atoms with E-state index in [1.165, 1.54) is 12.1 Å². The van der Waals surface area contributed by atoms with E-state index < -0.39 is 11.8 Å². The van der Waals surface area contributed by atoms with E-state index in [1.54, 1.807) is 0 Å². The zero-order chi connectivity index (χ0) is 13.4. The van der Waals surface area contributed by atoms with Gasteiger partial charge in [0.1, 0.15) is 11.4 Å². The van der Waals surface area contributed by atoms with Crippen LogP contribution in [0.1, 0.15) is 30.6 Å². The Kier molecular flexibility index (Phi) is 3.15. The van der Waals surface area contributed by atoms with Crippen LogP contribution >= 0.6 is 0 Å². The van der Waals surface area contributed by atoms with Gasteiger partial charge < -0.3 is 15.7 Å². The van der Waals surface area contributed by atoms with Crippen molar-refractivity contribution in [1.29, 1.82) is 0 Å². The van der Waals surface area contributed by atoms with Crippen LogP contribution in [0.4, 0.5) is 15.8 Å². The van der Waals surface area contributed by atoms with E-state index in [4.69, 9.17) is 5.73 Å². The van der Waals surface area contributed by atoms with E-state index >= 15 is 0 Å². The monoisotopic (exact) mass is 252 g/mol. The van der Waals surface area contributed by atoms with Gasteiger partial charge in [0.05, 0.1) is 11.4 Å². The summed E-state index contributed by atoms with van der Waals surface area (Å²) >= 11 is 0. The number of hydrogen-bond donors (Lipinski definition) is 2. The average Bonchev–Trinajstić information content (AvgIpc) is 2.61. The predicted molar refractivity (Wildman–Crippen MR) is 68.4 cm³/mol. The number of nitrogen functional groups attached to an aromatic ring is 1. The maximum atomic E-state index is 13.4. The van der Waals surface area contributed by atoms with Crippen LogP contribution in [0.5, 0.6) is 0 Å². The third kappa shape index (κ3) is 2.00. The molecule has 1 aliphatic heterocycles. The maximum absolute atomic E-state index is 13.4. The number of nitrogens with zero attached hydrogens (tertiary/aromatic N) is 1. The largest absolute Gasteiger partial charge is 0.478 e. The van der Waals surface area contributed by atoms with Gasteiger partial charge in [-0.3, -0.25) is 0 Å². The van der Waals surface area contributed by atoms with Crippen LogP contribution in [0.2, 0.25) is 0 Å². The molecule has 98 valence electrons. The van der Waals surface area contributed by atoms with Crippen LogP contribution in [-0.4, -0.2) is 23.7 Å². The number of carboxylic acid groups (broad SMARTS) is 1. The Labute approximate surface area is 105 Å². The van der Waals surface area contributed by atoms with E-state index in [0.717, 1.165) is 13.0 Å². The number of anilines is 2. The highest BCUT2D eigenvalue weighted by Crippen LogP contribution is 2.34. The summed E-state index contributed by atoms with van der Waals surface area (Å²) in [6.07, 6.45) is 0.996. The number of halogens is 1. The van der Waals surface area contributed by atoms with E-state index in [9.17, 15) is 14.3 Å². The third-order valence-electron chi connectivity index (χ3n) is 3.48. The van der Waals surface area contributed by atoms with Crippen LogP contribution in [0, 0.1) is 11.7 Å². The van der Waals surface area contributed by atoms with Crippen molar-refractivity contribution < 1.29 is 14.3 Å². The molecular formula is C13H17FN2O2. The van der Waals surface area contributed by atoms with E-state index in [-0.39, 0.29) is 17.3 Å². The average molecular weight is 252 g/mol. The first kappa shape index (κ1) is 12.7. The van der Waals surface area contributed by atoms with Crippen molar-refractivity contribution in [3.63, 3.8) is 0 Å². The van der Waals surface area contributed by atoms with Crippen molar-refractivity contribution in [1.82, 2.24) is 0 Å². The summed E-state index contributed by atoms with van der Waals surface area (Å²) < 4.78 is 13.4. The Morgan fingerprint density at radius 3 is 2.67 bits per heavy atom. The highest BCUT2D eigenvalue weighted by molar-refractivity contribution is 6.00. The van der Waals surface area contributed by atoms with Crippen molar-refractivity contribution >= 4 is 17.3 Å². The second kappa shape index (κ2) is 4.48. The Morgan fingerprint density at radius 2 is 2.17 bits per heavy atom. The summed E-state index contributed by atoms with van der Waals surface area (Å²) in [5.41, 5.74) is 5.65. The fraction of sp³-hybridized carbons (Fsp3) is 0.462. The standard InChI is InChI=1S/C13H17FN2O2/c1-7-5-8(2)16(6-7)10-4-3-9(14)12(15)11(10)13(17)18/h3-4,7-8H,5-6,15H2,1-2H3,(H,17,18). The van der Waals surface area contributed by atoms with Crippen LogP contribution < -0.4 is 10.6 Å². The third-order valence-corrected chi connectivity index (χ3v) is 3.48. The van der Waals surface area contributed by atoms with Crippen molar-refractivity contribution in [3.8, 4) is 0 Å². The van der Waals surface area contributed by atoms with E-state index in [1.807, 2.05) is 11.8 Å². The molecule has 1 aromatic rings. The van der Waals surface area contributed by atoms with E-state index in [0.29, 0.717) is 11.6 Å². The highest BCUT2D eigenvalue weighted by atomic mass is 19.1. The second-order valence-electron chi connectivity index (χ2n) is 5.00. The number of carbonyl (C=O) groups is 1. The first-order valence-corrected chi connectivity index (χ1v) is 5.99. The second-order valence-corrected chi connectivity index (χ2v) is 5.00. The van der Waals surface area contributed by atoms with Gasteiger partial charge in [0.2, 0.25) is 0 Å². The number of aromatic carboxylic acids is 1. The molecule has 2 atom stereocenters. The summed E-state index contributed by atoms with van der Waals surface area (Å²) in [6, 6.07) is 2.97. The minimum atomic E-state index is -1.19. The maximum Gasteiger partial charge on any atom is 0.340 e. The molecule has 1 heterocycles. The number of hydrogen-bond acceptors (Lipinski definition) is 3. The fourth-order valence-electron chi connectivity index (χ4n) is 2.68. The Morgan fingerprint density at radius 1 is 1.50 bits per heavy atom. The molecule has 0 aromatic heterocycles. The lowest BCUT2D eigenvalue weighted by Gasteiger charge is -2.26. The molecule has 0 spiro atoms. The summed E-state index contributed by atoms with van der Waals surface area (Å²) in [7, 11) is 0. The highest BCUT2D eigenvalue weighted by Gasteiger charge is 2.30. The first-order valence-electron chi connectivity index (χ1n) is 5.99. The summed E-state index contributed by atoms with van der Waals surface area (Å²) in [5, 5.41) is 9.21. The zero-order valence-electron chi connectivity index (χ0n) is 10.5. The minimum Gasteiger partial charge on any atom is -0.478 e. The molecule has 0 amide bonds. The smallest absolute Gasteiger partial charge is 0.340 e. The quantitative estimate of drug-likeness (QED) is 0.793. The lowest BCUT2D eigenvalue weighted by molar-refractivity contribution is 0.0698. The summed E-state index contributed by atoms with van der Waals surface area (Å²) in [4.78, 5) is 13.3. The predicted octanol–water partition coefficient (Wildman–Crippen LogP) is 2.34. The number of carboxylic acids is 1. The molecule has 0 bridgehead atoms. The van der Waals surface area contributed by atoms with Crippen LogP contribution in [-0.2, 0) is 0 Å². The minimum absolute atomic E-state index is 0.129. The molecular weight excluding hydrogens is 235 g/mol. The molecule has 0 saturated carbocycles. The molecule has 0 aliphatic carbocycles. The van der Waals surface area contributed by atoms with Crippen molar-refractivity contribution in [3.05, 3.63) is 23.5 Å². The number of benzene rings is 1. The first-order chi connectivity index (χ1) is 8.41. The van der Waals surface area contributed by atoms with Gasteiger partial charge in [-0.15, -0.1) is 0 Å². The van der Waals surface area contributed by atoms with Gasteiger partial charge in [-0.05, 0) is 31.4 Å². The molecule has 1 saturated heterocycles. The van der Waals surface area contributed by atoms with Gasteiger partial charge in [-0.1, -0.05) is 6.92 Å². The van der Waals surface area contributed by atoms with Crippen LogP contribution in [0.3, 0.4) is 0 Å². The molecule has 1 aromatic carbocycles. The Hall–Kier alpha value is -1.78. The van der Waals surface area contributed by atoms with Crippen molar-refractivity contribution in [2.24, 2.45) is 5.92 Å². The Bertz CT molecular complexity index is 490. The van der Waals surface area contributed by atoms with E-state index in [2.05, 4.69) is 6.92 Å². The molecule has 5 heteroatoms. The summed E-state index contributed by atoms with van der Waals surface area (Å²) in [6.45, 7) is 4.92. The fourth-order valence-corrected chi connectivity index (χ4v) is 2.68.